The van der Waals surface area contributed by atoms with Gasteiger partial charge in [0.15, 0.2) is 0 Å². The Morgan fingerprint density at radius 2 is 1.50 bits per heavy atom. The molecule has 0 rings (SSSR count). The maximum atomic E-state index is 5.93. The van der Waals surface area contributed by atoms with Gasteiger partial charge < -0.3 is 0 Å². The van der Waals surface area contributed by atoms with E-state index >= 15 is 0 Å². The molecule has 0 saturated heterocycles. The Kier molecular flexibility index (Phi) is 6.33. The number of allylic oxidation sites excluding steroid dienone is 2. The summed E-state index contributed by atoms with van der Waals surface area (Å²) in [5, 5.41) is 0. The average molecular weight is 322 g/mol. The topological polar surface area (TPSA) is 0 Å². The van der Waals surface area contributed by atoms with Gasteiger partial charge in [-0.15, -0.1) is 0 Å². The third-order valence-corrected chi connectivity index (χ3v) is 9.16. The molecule has 0 aromatic rings. The summed E-state index contributed by atoms with van der Waals surface area (Å²) in [7, 11) is 5.93. The van der Waals surface area contributed by atoms with Crippen molar-refractivity contribution in [1.82, 2.24) is 0 Å². The Morgan fingerprint density at radius 1 is 1.12 bits per heavy atom. The monoisotopic (exact) mass is 322 g/mol. The molecule has 0 N–H and O–H groups in total. The van der Waals surface area contributed by atoms with Crippen LogP contribution in [0.2, 0.25) is 0 Å². The molecule has 0 saturated carbocycles. The van der Waals surface area contributed by atoms with Gasteiger partial charge in [0.2, 0.25) is 0 Å². The molecule has 0 spiro atoms. The minimum absolute atomic E-state index is 1.79. The van der Waals surface area contributed by atoms with Gasteiger partial charge in [-0.25, -0.2) is 0 Å². The molecule has 0 aliphatic rings. The first-order valence-corrected chi connectivity index (χ1v) is 13.4. The molecule has 44 valence electrons. The van der Waals surface area contributed by atoms with E-state index in [1.54, 1.807) is 0 Å². The van der Waals surface area contributed by atoms with E-state index in [4.69, 9.17) is 8.32 Å². The zero-order chi connectivity index (χ0) is 6.41. The minimum atomic E-state index is -1.79. The van der Waals surface area contributed by atoms with E-state index in [9.17, 15) is 0 Å². The Balaban J connectivity index is 3.47. The summed E-state index contributed by atoms with van der Waals surface area (Å²) in [5.74, 6) is 0. The molecule has 0 unspecified atom stereocenters. The summed E-state index contributed by atoms with van der Waals surface area (Å²) < 4.78 is 4.31. The van der Waals surface area contributed by atoms with Crippen molar-refractivity contribution < 1.29 is 0 Å². The van der Waals surface area contributed by atoms with Crippen LogP contribution in [0.5, 0.6) is 0 Å². The van der Waals surface area contributed by atoms with E-state index < -0.39 is 21.5 Å². The van der Waals surface area contributed by atoms with Crippen LogP contribution in [-0.4, -0.2) is 21.5 Å². The van der Waals surface area contributed by atoms with E-state index in [0.29, 0.717) is 0 Å². The second kappa shape index (κ2) is 5.82. The van der Waals surface area contributed by atoms with E-state index in [1.165, 1.54) is 0 Å². The van der Waals surface area contributed by atoms with Crippen molar-refractivity contribution in [1.29, 1.82) is 0 Å². The summed E-state index contributed by atoms with van der Waals surface area (Å²) in [6.07, 6.45) is 4.08. The van der Waals surface area contributed by atoms with Crippen LogP contribution in [0.15, 0.2) is 19.4 Å². The summed E-state index contributed by atoms with van der Waals surface area (Å²) in [6, 6.07) is 0. The molecule has 0 aliphatic carbocycles. The van der Waals surface area contributed by atoms with Gasteiger partial charge in [-0.3, -0.25) is 0 Å². The van der Waals surface area contributed by atoms with Crippen LogP contribution in [0.3, 0.4) is 0 Å². The van der Waals surface area contributed by atoms with Crippen LogP contribution >= 0.6 is 8.32 Å². The van der Waals surface area contributed by atoms with Gasteiger partial charge in [0, 0.05) is 0 Å². The summed E-state index contributed by atoms with van der Waals surface area (Å²) >= 11 is -1.79. The van der Waals surface area contributed by atoms with Gasteiger partial charge in [-0.2, -0.15) is 0 Å². The quantitative estimate of drug-likeness (QED) is 0.685. The molecule has 0 amide bonds. The van der Waals surface area contributed by atoms with Crippen LogP contribution in [0.1, 0.15) is 13.8 Å². The van der Waals surface area contributed by atoms with Crippen molar-refractivity contribution in [2.45, 2.75) is 13.8 Å². The fraction of sp³-hybridized carbons (Fsp3) is 0.333. The Labute approximate surface area is 62.8 Å². The first-order chi connectivity index (χ1) is 3.81. The van der Waals surface area contributed by atoms with Gasteiger partial charge in [-0.1, -0.05) is 0 Å². The Hall–Kier alpha value is 0.692. The van der Waals surface area contributed by atoms with Crippen LogP contribution in [0, 0.1) is 0 Å². The second-order valence-electron chi connectivity index (χ2n) is 1.50. The van der Waals surface area contributed by atoms with Crippen LogP contribution < -0.4 is 0 Å². The Bertz CT molecular complexity index is 84.7. The molecule has 0 aliphatic heterocycles. The van der Waals surface area contributed by atoms with Crippen LogP contribution in [0.4, 0.5) is 0 Å². The zero-order valence-electron chi connectivity index (χ0n) is 5.26. The molecule has 0 aromatic carbocycles. The molecule has 8 heavy (non-hydrogen) atoms. The molecule has 0 fully saturated rings. The maximum absolute atomic E-state index is 5.93. The van der Waals surface area contributed by atoms with Crippen LogP contribution in [-0.2, 0) is 0 Å². The predicted octanol–water partition coefficient (Wildman–Crippen LogP) is 2.45. The first kappa shape index (κ1) is 8.69. The molecule has 0 radical (unpaired) electrons. The van der Waals surface area contributed by atoms with Gasteiger partial charge in [0.25, 0.3) is 0 Å². The fourth-order valence-corrected chi connectivity index (χ4v) is 6.34. The first-order valence-electron chi connectivity index (χ1n) is 2.71. The molecular formula is C6H10ClTl. The summed E-state index contributed by atoms with van der Waals surface area (Å²) in [4.78, 5) is 0. The predicted molar refractivity (Wildman–Crippen MR) is 41.2 cm³/mol. The molecule has 0 atom stereocenters. The number of halogens is 1. The fourth-order valence-electron chi connectivity index (χ4n) is 0.432. The van der Waals surface area contributed by atoms with Gasteiger partial charge in [0.05, 0.1) is 0 Å². The van der Waals surface area contributed by atoms with Gasteiger partial charge >= 0.3 is 63.1 Å². The van der Waals surface area contributed by atoms with E-state index in [0.717, 1.165) is 0 Å². The summed E-state index contributed by atoms with van der Waals surface area (Å²) in [5.41, 5.74) is 0. The third-order valence-electron chi connectivity index (χ3n) is 0.753. The SMILES string of the molecule is CC=[CH][Tl]([Cl])/[CH]=C/C. The molecular weight excluding hydrogens is 312 g/mol. The van der Waals surface area contributed by atoms with Crippen molar-refractivity contribution in [3.8, 4) is 0 Å². The van der Waals surface area contributed by atoms with Crippen molar-refractivity contribution >= 4 is 29.8 Å². The normalized spacial score (nSPS) is 11.4. The second-order valence-corrected chi connectivity index (χ2v) is 12.4. The van der Waals surface area contributed by atoms with E-state index in [-0.39, 0.29) is 0 Å². The molecule has 0 nitrogen and oxygen atoms in total. The number of hydrogen-bond donors (Lipinski definition) is 0. The number of hydrogen-bond acceptors (Lipinski definition) is 0. The Morgan fingerprint density at radius 3 is 1.75 bits per heavy atom. The van der Waals surface area contributed by atoms with Crippen molar-refractivity contribution in [2.24, 2.45) is 0 Å². The number of rotatable bonds is 2. The molecule has 0 bridgehead atoms. The molecule has 0 heterocycles. The zero-order valence-corrected chi connectivity index (χ0v) is 10.5. The van der Waals surface area contributed by atoms with Crippen molar-refractivity contribution in [3.05, 3.63) is 19.4 Å². The van der Waals surface area contributed by atoms with E-state index in [1.807, 2.05) is 26.0 Å². The standard InChI is InChI=1S/2C3H5.ClH.Tl/c2*1-3-2;;/h2*1,3H,2H3;1H;/q;;;+1/p-1. The molecule has 0 aromatic heterocycles. The van der Waals surface area contributed by atoms with Crippen LogP contribution in [0.25, 0.3) is 0 Å². The molecule has 2 heteroatoms. The van der Waals surface area contributed by atoms with E-state index in [2.05, 4.69) is 7.27 Å². The third kappa shape index (κ3) is 4.84. The summed E-state index contributed by atoms with van der Waals surface area (Å²) in [6.45, 7) is 4.03. The van der Waals surface area contributed by atoms with Gasteiger partial charge in [-0.05, 0) is 0 Å². The van der Waals surface area contributed by atoms with Crippen molar-refractivity contribution in [2.75, 3.05) is 0 Å². The van der Waals surface area contributed by atoms with Gasteiger partial charge in [0.1, 0.15) is 0 Å². The van der Waals surface area contributed by atoms with Crippen molar-refractivity contribution in [3.63, 3.8) is 0 Å². The average Bonchev–Trinajstić information content (AvgIpc) is 1.68.